The molecule has 2 atom stereocenters. The van der Waals surface area contributed by atoms with Gasteiger partial charge in [0, 0.05) is 25.1 Å². The molecule has 0 saturated heterocycles. The first-order valence-electron chi connectivity index (χ1n) is 7.18. The topological polar surface area (TPSA) is 128 Å². The number of fused-ring (bicyclic) bond motifs is 1. The fourth-order valence-corrected chi connectivity index (χ4v) is 6.33. The molecule has 0 amide bonds. The SMILES string of the molecule is CCNC(COCC)C1CNS(=O)(=O)c2sc(S(N)(=O)=O)cc21. The molecular formula is C12H21N3O5S3. The minimum absolute atomic E-state index is 0.0113. The molecular weight excluding hydrogens is 362 g/mol. The predicted molar refractivity (Wildman–Crippen MR) is 87.6 cm³/mol. The Hall–Kier alpha value is -0.560. The summed E-state index contributed by atoms with van der Waals surface area (Å²) >= 11 is 0.680. The van der Waals surface area contributed by atoms with E-state index in [4.69, 9.17) is 9.88 Å². The average Bonchev–Trinajstić information content (AvgIpc) is 2.91. The molecule has 0 saturated carbocycles. The number of hydrogen-bond donors (Lipinski definition) is 3. The monoisotopic (exact) mass is 383 g/mol. The molecule has 2 heterocycles. The number of nitrogens with one attached hydrogen (secondary N) is 2. The number of likely N-dealkylation sites (N-methyl/N-ethyl adjacent to an activating group) is 1. The highest BCUT2D eigenvalue weighted by atomic mass is 32.3. The van der Waals surface area contributed by atoms with Crippen LogP contribution in [0.4, 0.5) is 0 Å². The van der Waals surface area contributed by atoms with Crippen molar-refractivity contribution < 1.29 is 21.6 Å². The largest absolute Gasteiger partial charge is 0.380 e. The van der Waals surface area contributed by atoms with Crippen LogP contribution in [0.25, 0.3) is 0 Å². The van der Waals surface area contributed by atoms with Crippen LogP contribution in [0.15, 0.2) is 14.5 Å². The maximum absolute atomic E-state index is 12.2. The third kappa shape index (κ3) is 4.10. The molecule has 0 spiro atoms. The molecule has 11 heteroatoms. The normalized spacial score (nSPS) is 21.8. The fraction of sp³-hybridized carbons (Fsp3) is 0.667. The highest BCUT2D eigenvalue weighted by Gasteiger charge is 2.37. The first-order valence-corrected chi connectivity index (χ1v) is 11.0. The third-order valence-corrected chi connectivity index (χ3v) is 8.12. The zero-order valence-electron chi connectivity index (χ0n) is 12.9. The second kappa shape index (κ2) is 7.13. The van der Waals surface area contributed by atoms with Gasteiger partial charge in [-0.25, -0.2) is 26.7 Å². The highest BCUT2D eigenvalue weighted by Crippen LogP contribution is 2.38. The van der Waals surface area contributed by atoms with Crippen LogP contribution < -0.4 is 15.2 Å². The Morgan fingerprint density at radius 3 is 2.78 bits per heavy atom. The Bertz CT molecular complexity index is 757. The van der Waals surface area contributed by atoms with E-state index in [1.165, 1.54) is 6.07 Å². The van der Waals surface area contributed by atoms with Gasteiger partial charge in [-0.2, -0.15) is 0 Å². The second-order valence-corrected chi connectivity index (χ2v) is 9.94. The van der Waals surface area contributed by atoms with Crippen LogP contribution in [0.3, 0.4) is 0 Å². The number of hydrogen-bond acceptors (Lipinski definition) is 7. The quantitative estimate of drug-likeness (QED) is 0.597. The van der Waals surface area contributed by atoms with E-state index < -0.39 is 20.0 Å². The molecule has 0 aliphatic carbocycles. The van der Waals surface area contributed by atoms with Gasteiger partial charge in [0.15, 0.2) is 0 Å². The Balaban J connectivity index is 2.47. The minimum atomic E-state index is -3.95. The Labute approximate surface area is 140 Å². The van der Waals surface area contributed by atoms with Crippen LogP contribution >= 0.6 is 11.3 Å². The summed E-state index contributed by atoms with van der Waals surface area (Å²) in [5.74, 6) is -0.230. The summed E-state index contributed by atoms with van der Waals surface area (Å²) < 4.78 is 55.3. The van der Waals surface area contributed by atoms with Gasteiger partial charge in [0.1, 0.15) is 8.42 Å². The van der Waals surface area contributed by atoms with Gasteiger partial charge in [-0.15, -0.1) is 11.3 Å². The van der Waals surface area contributed by atoms with Gasteiger partial charge in [-0.05, 0) is 25.1 Å². The van der Waals surface area contributed by atoms with E-state index >= 15 is 0 Å². The van der Waals surface area contributed by atoms with Crippen molar-refractivity contribution in [3.05, 3.63) is 11.6 Å². The first-order chi connectivity index (χ1) is 10.7. The van der Waals surface area contributed by atoms with Crippen LogP contribution in [-0.4, -0.2) is 49.2 Å². The number of ether oxygens (including phenoxy) is 1. The van der Waals surface area contributed by atoms with Gasteiger partial charge in [0.25, 0.3) is 0 Å². The molecule has 1 aliphatic rings. The molecule has 132 valence electrons. The smallest absolute Gasteiger partial charge is 0.250 e. The van der Waals surface area contributed by atoms with Crippen LogP contribution in [-0.2, 0) is 24.8 Å². The summed E-state index contributed by atoms with van der Waals surface area (Å²) in [5, 5.41) is 8.41. The maximum Gasteiger partial charge on any atom is 0.250 e. The predicted octanol–water partition coefficient (Wildman–Crippen LogP) is -0.214. The molecule has 8 nitrogen and oxygen atoms in total. The summed E-state index contributed by atoms with van der Waals surface area (Å²) in [6, 6.07) is 1.24. The highest BCUT2D eigenvalue weighted by molar-refractivity contribution is 7.94. The maximum atomic E-state index is 12.2. The fourth-order valence-electron chi connectivity index (χ4n) is 2.53. The van der Waals surface area contributed by atoms with Gasteiger partial charge >= 0.3 is 0 Å². The molecule has 2 unspecified atom stereocenters. The van der Waals surface area contributed by atoms with E-state index in [9.17, 15) is 16.8 Å². The summed E-state index contributed by atoms with van der Waals surface area (Å²) in [7, 11) is -7.65. The lowest BCUT2D eigenvalue weighted by Gasteiger charge is -2.31. The average molecular weight is 384 g/mol. The van der Waals surface area contributed by atoms with Crippen molar-refractivity contribution in [2.24, 2.45) is 5.14 Å². The zero-order chi connectivity index (χ0) is 17.3. The summed E-state index contributed by atoms with van der Waals surface area (Å²) in [6.45, 7) is 5.62. The van der Waals surface area contributed by atoms with Gasteiger partial charge < -0.3 is 10.1 Å². The number of nitrogens with two attached hydrogens (primary N) is 1. The van der Waals surface area contributed by atoms with Gasteiger partial charge in [-0.3, -0.25) is 0 Å². The molecule has 1 aromatic heterocycles. The van der Waals surface area contributed by atoms with E-state index in [1.807, 2.05) is 13.8 Å². The Morgan fingerprint density at radius 1 is 1.52 bits per heavy atom. The Kier molecular flexibility index (Phi) is 5.82. The van der Waals surface area contributed by atoms with Crippen molar-refractivity contribution in [3.63, 3.8) is 0 Å². The lowest BCUT2D eigenvalue weighted by Crippen LogP contribution is -2.46. The van der Waals surface area contributed by atoms with E-state index in [0.717, 1.165) is 0 Å². The van der Waals surface area contributed by atoms with E-state index in [2.05, 4.69) is 10.0 Å². The third-order valence-electron chi connectivity index (χ3n) is 3.57. The molecule has 0 fully saturated rings. The van der Waals surface area contributed by atoms with Crippen molar-refractivity contribution in [1.29, 1.82) is 0 Å². The lowest BCUT2D eigenvalue weighted by molar-refractivity contribution is 0.114. The van der Waals surface area contributed by atoms with E-state index in [-0.39, 0.29) is 26.9 Å². The van der Waals surface area contributed by atoms with Crippen LogP contribution in [0.5, 0.6) is 0 Å². The van der Waals surface area contributed by atoms with Crippen LogP contribution in [0, 0.1) is 0 Å². The first kappa shape index (κ1) is 18.8. The van der Waals surface area contributed by atoms with Crippen molar-refractivity contribution in [2.75, 3.05) is 26.3 Å². The van der Waals surface area contributed by atoms with Gasteiger partial charge in [0.2, 0.25) is 20.0 Å². The van der Waals surface area contributed by atoms with Crippen molar-refractivity contribution in [1.82, 2.24) is 10.0 Å². The zero-order valence-corrected chi connectivity index (χ0v) is 15.4. The molecule has 0 radical (unpaired) electrons. The van der Waals surface area contributed by atoms with Gasteiger partial charge in [0.05, 0.1) is 6.61 Å². The van der Waals surface area contributed by atoms with Crippen molar-refractivity contribution >= 4 is 31.4 Å². The van der Waals surface area contributed by atoms with Crippen molar-refractivity contribution in [2.45, 2.75) is 34.2 Å². The molecule has 0 aromatic carbocycles. The molecule has 0 bridgehead atoms. The molecule has 1 aliphatic heterocycles. The summed E-state index contributed by atoms with van der Waals surface area (Å²) in [6.07, 6.45) is 0. The standard InChI is InChI=1S/C12H21N3O5S3/c1-3-14-10(7-20-4-2)9-6-15-23(18,19)12-8(9)5-11(21-12)22(13,16)17/h5,9-10,14-15H,3-4,6-7H2,1-2H3,(H2,13,16,17). The van der Waals surface area contributed by atoms with Crippen LogP contribution in [0.2, 0.25) is 0 Å². The number of primary sulfonamides is 1. The summed E-state index contributed by atoms with van der Waals surface area (Å²) in [4.78, 5) is 0. The van der Waals surface area contributed by atoms with Gasteiger partial charge in [-0.1, -0.05) is 6.92 Å². The minimum Gasteiger partial charge on any atom is -0.380 e. The lowest BCUT2D eigenvalue weighted by atomic mass is 9.94. The Morgan fingerprint density at radius 2 is 2.22 bits per heavy atom. The molecule has 23 heavy (non-hydrogen) atoms. The van der Waals surface area contributed by atoms with Crippen LogP contribution in [0.1, 0.15) is 25.3 Å². The molecule has 1 aromatic rings. The number of sulfonamides is 2. The second-order valence-electron chi connectivity index (χ2n) is 5.14. The van der Waals surface area contributed by atoms with Crippen molar-refractivity contribution in [3.8, 4) is 0 Å². The van der Waals surface area contributed by atoms with E-state index in [1.54, 1.807) is 0 Å². The number of rotatable bonds is 7. The number of thiophene rings is 1. The molecule has 4 N–H and O–H groups in total. The molecule has 2 rings (SSSR count). The summed E-state index contributed by atoms with van der Waals surface area (Å²) in [5.41, 5.74) is 0.475. The van der Waals surface area contributed by atoms with E-state index in [0.29, 0.717) is 36.7 Å².